The minimum atomic E-state index is -0.864. The molecule has 0 amide bonds. The lowest BCUT2D eigenvalue weighted by molar-refractivity contribution is 0.354. The van der Waals surface area contributed by atoms with Gasteiger partial charge in [-0.2, -0.15) is 0 Å². The Kier molecular flexibility index (Phi) is 5.29. The first-order valence-corrected chi connectivity index (χ1v) is 10.3. The second-order valence-electron chi connectivity index (χ2n) is 7.05. The van der Waals surface area contributed by atoms with Crippen LogP contribution in [0.2, 0.25) is 0 Å². The molecular formula is C20H21F2N3OS. The first kappa shape index (κ1) is 18.2. The third-order valence-electron chi connectivity index (χ3n) is 5.22. The van der Waals surface area contributed by atoms with Crippen molar-refractivity contribution in [3.05, 3.63) is 63.7 Å². The number of rotatable bonds is 5. The fourth-order valence-corrected chi connectivity index (χ4v) is 4.72. The van der Waals surface area contributed by atoms with Crippen molar-refractivity contribution in [2.24, 2.45) is 5.92 Å². The minimum Gasteiger partial charge on any atom is -0.297 e. The summed E-state index contributed by atoms with van der Waals surface area (Å²) in [6.07, 6.45) is 8.26. The van der Waals surface area contributed by atoms with Gasteiger partial charge in [0.15, 0.2) is 17.3 Å². The highest BCUT2D eigenvalue weighted by molar-refractivity contribution is 7.98. The fourth-order valence-electron chi connectivity index (χ4n) is 3.79. The highest BCUT2D eigenvalue weighted by atomic mass is 32.2. The lowest BCUT2D eigenvalue weighted by Gasteiger charge is -2.22. The number of H-pyrrole nitrogens is 1. The monoisotopic (exact) mass is 389 g/mol. The van der Waals surface area contributed by atoms with Gasteiger partial charge in [-0.1, -0.05) is 38.2 Å². The van der Waals surface area contributed by atoms with Gasteiger partial charge in [0.2, 0.25) is 0 Å². The Hall–Kier alpha value is -2.15. The smallest absolute Gasteiger partial charge is 0.276 e. The van der Waals surface area contributed by atoms with Crippen LogP contribution in [0.4, 0.5) is 8.78 Å². The molecule has 4 nitrogen and oxygen atoms in total. The van der Waals surface area contributed by atoms with E-state index in [4.69, 9.17) is 0 Å². The molecule has 0 atom stereocenters. The van der Waals surface area contributed by atoms with E-state index in [0.29, 0.717) is 35.0 Å². The lowest BCUT2D eigenvalue weighted by Crippen LogP contribution is -2.25. The quantitative estimate of drug-likeness (QED) is 0.643. The van der Waals surface area contributed by atoms with Gasteiger partial charge in [-0.15, -0.1) is 11.8 Å². The summed E-state index contributed by atoms with van der Waals surface area (Å²) >= 11 is 1.17. The Labute approximate surface area is 160 Å². The maximum Gasteiger partial charge on any atom is 0.276 e. The molecule has 0 unspecified atom stereocenters. The largest absolute Gasteiger partial charge is 0.297 e. The number of fused-ring (bicyclic) bond motifs is 1. The van der Waals surface area contributed by atoms with Crippen molar-refractivity contribution in [2.45, 2.75) is 49.2 Å². The van der Waals surface area contributed by atoms with E-state index in [1.54, 1.807) is 18.3 Å². The number of aromatic amines is 1. The molecule has 27 heavy (non-hydrogen) atoms. The van der Waals surface area contributed by atoms with Crippen LogP contribution in [-0.2, 0) is 12.2 Å². The van der Waals surface area contributed by atoms with Gasteiger partial charge in [-0.05, 0) is 24.5 Å². The highest BCUT2D eigenvalue weighted by Crippen LogP contribution is 2.30. The van der Waals surface area contributed by atoms with Crippen molar-refractivity contribution < 1.29 is 8.78 Å². The predicted molar refractivity (Wildman–Crippen MR) is 102 cm³/mol. The van der Waals surface area contributed by atoms with Crippen LogP contribution in [0.25, 0.3) is 5.65 Å². The van der Waals surface area contributed by atoms with Gasteiger partial charge in [-0.25, -0.2) is 18.3 Å². The number of nitrogens with zero attached hydrogens (tertiary/aromatic N) is 2. The Morgan fingerprint density at radius 1 is 1.19 bits per heavy atom. The number of benzene rings is 1. The Morgan fingerprint density at radius 3 is 2.81 bits per heavy atom. The first-order valence-electron chi connectivity index (χ1n) is 9.28. The number of nitrogens with one attached hydrogen (secondary N) is 1. The van der Waals surface area contributed by atoms with Crippen LogP contribution >= 0.6 is 11.8 Å². The van der Waals surface area contributed by atoms with Crippen molar-refractivity contribution in [1.82, 2.24) is 14.6 Å². The van der Waals surface area contributed by atoms with E-state index in [1.165, 1.54) is 41.6 Å². The number of aromatic nitrogens is 3. The van der Waals surface area contributed by atoms with Gasteiger partial charge >= 0.3 is 0 Å². The highest BCUT2D eigenvalue weighted by Gasteiger charge is 2.21. The van der Waals surface area contributed by atoms with Gasteiger partial charge in [0.1, 0.15) is 0 Å². The average molecular weight is 389 g/mol. The van der Waals surface area contributed by atoms with Crippen LogP contribution < -0.4 is 5.56 Å². The van der Waals surface area contributed by atoms with Gasteiger partial charge in [-0.3, -0.25) is 9.89 Å². The summed E-state index contributed by atoms with van der Waals surface area (Å²) in [5.41, 5.74) is 1.80. The van der Waals surface area contributed by atoms with Crippen LogP contribution in [0.3, 0.4) is 0 Å². The Balaban J connectivity index is 1.66. The SMILES string of the molecule is O=c1c(CC2CCCCC2)c(CSc2cccc(F)c2F)nc2cc[nH]n12. The van der Waals surface area contributed by atoms with E-state index in [-0.39, 0.29) is 10.5 Å². The third-order valence-corrected chi connectivity index (χ3v) is 6.27. The van der Waals surface area contributed by atoms with Crippen molar-refractivity contribution in [1.29, 1.82) is 0 Å². The van der Waals surface area contributed by atoms with Crippen LogP contribution in [0.1, 0.15) is 43.4 Å². The maximum atomic E-state index is 14.0. The standard InChI is InChI=1S/C20H21F2N3OS/c21-15-7-4-8-17(19(15)22)27-12-16-14(11-13-5-2-1-3-6-13)20(26)25-18(24-16)9-10-23-25/h4,7-10,13,23H,1-3,5-6,11-12H2. The molecule has 1 aromatic carbocycles. The van der Waals surface area contributed by atoms with Crippen LogP contribution in [-0.4, -0.2) is 14.6 Å². The number of halogens is 2. The third kappa shape index (κ3) is 3.78. The summed E-state index contributed by atoms with van der Waals surface area (Å²) in [4.78, 5) is 17.8. The minimum absolute atomic E-state index is 0.0918. The van der Waals surface area contributed by atoms with E-state index in [9.17, 15) is 13.6 Å². The second-order valence-corrected chi connectivity index (χ2v) is 8.06. The summed E-state index contributed by atoms with van der Waals surface area (Å²) in [6.45, 7) is 0. The van der Waals surface area contributed by atoms with Crippen molar-refractivity contribution in [3.63, 3.8) is 0 Å². The molecule has 2 aromatic heterocycles. The van der Waals surface area contributed by atoms with Crippen molar-refractivity contribution in [3.8, 4) is 0 Å². The number of hydrogen-bond acceptors (Lipinski definition) is 3. The molecule has 3 aromatic rings. The molecule has 1 N–H and O–H groups in total. The first-order chi connectivity index (χ1) is 13.1. The molecule has 4 rings (SSSR count). The van der Waals surface area contributed by atoms with Gasteiger partial charge in [0.05, 0.1) is 5.69 Å². The van der Waals surface area contributed by atoms with Gasteiger partial charge in [0, 0.05) is 28.5 Å². The molecule has 0 spiro atoms. The summed E-state index contributed by atoms with van der Waals surface area (Å²) in [5, 5.41) is 2.91. The number of hydrogen-bond donors (Lipinski definition) is 1. The van der Waals surface area contributed by atoms with E-state index in [0.717, 1.165) is 18.9 Å². The zero-order valence-corrected chi connectivity index (χ0v) is 15.7. The second kappa shape index (κ2) is 7.84. The molecule has 1 aliphatic carbocycles. The molecule has 7 heteroatoms. The number of thioether (sulfide) groups is 1. The van der Waals surface area contributed by atoms with Crippen LogP contribution in [0.5, 0.6) is 0 Å². The zero-order chi connectivity index (χ0) is 18.8. The van der Waals surface area contributed by atoms with E-state index in [1.807, 2.05) is 0 Å². The lowest BCUT2D eigenvalue weighted by atomic mass is 9.85. The van der Waals surface area contributed by atoms with Gasteiger partial charge in [0.25, 0.3) is 5.56 Å². The van der Waals surface area contributed by atoms with E-state index < -0.39 is 11.6 Å². The molecule has 2 heterocycles. The zero-order valence-electron chi connectivity index (χ0n) is 14.9. The molecule has 1 saturated carbocycles. The van der Waals surface area contributed by atoms with E-state index >= 15 is 0 Å². The van der Waals surface area contributed by atoms with E-state index in [2.05, 4.69) is 10.1 Å². The maximum absolute atomic E-state index is 14.0. The molecule has 142 valence electrons. The Bertz CT molecular complexity index is 1010. The normalized spacial score (nSPS) is 15.5. The Morgan fingerprint density at radius 2 is 2.00 bits per heavy atom. The van der Waals surface area contributed by atoms with Crippen LogP contribution in [0, 0.1) is 17.6 Å². The predicted octanol–water partition coefficient (Wildman–Crippen LogP) is 4.72. The molecular weight excluding hydrogens is 368 g/mol. The molecule has 0 saturated heterocycles. The van der Waals surface area contributed by atoms with Crippen LogP contribution in [0.15, 0.2) is 40.2 Å². The molecule has 1 aliphatic rings. The summed E-state index contributed by atoms with van der Waals surface area (Å²) in [6, 6.07) is 5.88. The average Bonchev–Trinajstić information content (AvgIpc) is 3.15. The molecule has 1 fully saturated rings. The topological polar surface area (TPSA) is 50.2 Å². The fraction of sp³-hybridized carbons (Fsp3) is 0.400. The van der Waals surface area contributed by atoms with Crippen molar-refractivity contribution in [2.75, 3.05) is 0 Å². The summed E-state index contributed by atoms with van der Waals surface area (Å²) in [7, 11) is 0. The molecule has 0 bridgehead atoms. The summed E-state index contributed by atoms with van der Waals surface area (Å²) < 4.78 is 28.9. The molecule has 0 radical (unpaired) electrons. The van der Waals surface area contributed by atoms with Crippen molar-refractivity contribution >= 4 is 17.4 Å². The van der Waals surface area contributed by atoms with Gasteiger partial charge < -0.3 is 0 Å². The summed E-state index contributed by atoms with van der Waals surface area (Å²) in [5.74, 6) is -0.900. The molecule has 0 aliphatic heterocycles.